The molecule has 0 aliphatic rings. The lowest BCUT2D eigenvalue weighted by Crippen LogP contribution is -1.89. The molecule has 0 aliphatic carbocycles. The molecular weight excluding hydrogens is 168 g/mol. The highest BCUT2D eigenvalue weighted by Gasteiger charge is 1.95. The highest BCUT2D eigenvalue weighted by molar-refractivity contribution is 6.35. The fourth-order valence-corrected chi connectivity index (χ4v) is 3.51. The normalized spacial score (nSPS) is 10.0. The smallest absolute Gasteiger partial charge is 0.146 e. The molecule has 0 N–H and O–H groups in total. The summed E-state index contributed by atoms with van der Waals surface area (Å²) in [6.07, 6.45) is 11.8. The van der Waals surface area contributed by atoms with Crippen LogP contribution in [0.3, 0.4) is 0 Å². The maximum absolute atomic E-state index is 2.29. The van der Waals surface area contributed by atoms with Gasteiger partial charge in [-0.05, 0) is 0 Å². The SMILES string of the molecule is CCCCC[CH2][Mg][CH2]CCCCC. The molecule has 0 aromatic carbocycles. The van der Waals surface area contributed by atoms with E-state index in [9.17, 15) is 0 Å². The standard InChI is InChI=1S/2C6H13.Mg/c2*1-3-5-6-4-2;/h2*1,3-6H2,2H3;. The zero-order valence-electron chi connectivity index (χ0n) is 9.78. The van der Waals surface area contributed by atoms with Crippen molar-refractivity contribution in [2.45, 2.75) is 74.3 Å². The largest absolute Gasteiger partial charge is 0.364 e. The van der Waals surface area contributed by atoms with Crippen molar-refractivity contribution in [2.24, 2.45) is 0 Å². The summed E-state index contributed by atoms with van der Waals surface area (Å²) < 4.78 is 3.23. The minimum absolute atomic E-state index is 0.355. The van der Waals surface area contributed by atoms with Crippen molar-refractivity contribution < 1.29 is 0 Å². The molecule has 13 heavy (non-hydrogen) atoms. The Morgan fingerprint density at radius 2 is 1.08 bits per heavy atom. The van der Waals surface area contributed by atoms with Crippen LogP contribution in [0.5, 0.6) is 0 Å². The summed E-state index contributed by atoms with van der Waals surface area (Å²) in [7, 11) is 0. The summed E-state index contributed by atoms with van der Waals surface area (Å²) >= 11 is 0.355. The Labute approximate surface area is 94.6 Å². The Balaban J connectivity index is 2.76. The first-order valence-electron chi connectivity index (χ1n) is 6.41. The van der Waals surface area contributed by atoms with E-state index in [1.165, 1.54) is 51.4 Å². The van der Waals surface area contributed by atoms with Crippen LogP contribution < -0.4 is 0 Å². The highest BCUT2D eigenvalue weighted by Crippen LogP contribution is 2.06. The van der Waals surface area contributed by atoms with Gasteiger partial charge in [-0.15, -0.1) is 9.10 Å². The van der Waals surface area contributed by atoms with E-state index in [4.69, 9.17) is 0 Å². The lowest BCUT2D eigenvalue weighted by atomic mass is 10.2. The van der Waals surface area contributed by atoms with E-state index in [0.717, 1.165) is 0 Å². The molecule has 0 bridgehead atoms. The average Bonchev–Trinajstić information content (AvgIpc) is 2.16. The third kappa shape index (κ3) is 12.8. The third-order valence-corrected chi connectivity index (χ3v) is 4.71. The number of hydrogen-bond acceptors (Lipinski definition) is 0. The van der Waals surface area contributed by atoms with Crippen LogP contribution in [0.4, 0.5) is 0 Å². The fourth-order valence-electron chi connectivity index (χ4n) is 1.74. The molecule has 0 heterocycles. The van der Waals surface area contributed by atoms with E-state index < -0.39 is 0 Å². The van der Waals surface area contributed by atoms with Crippen LogP contribution in [0.2, 0.25) is 9.10 Å². The molecular formula is C12H26Mg. The van der Waals surface area contributed by atoms with Crippen LogP contribution in [0.25, 0.3) is 0 Å². The molecule has 0 unspecified atom stereocenters. The van der Waals surface area contributed by atoms with Gasteiger partial charge >= 0.3 is 20.4 Å². The summed E-state index contributed by atoms with van der Waals surface area (Å²) in [4.78, 5) is 0. The molecule has 0 radical (unpaired) electrons. The third-order valence-electron chi connectivity index (χ3n) is 2.71. The van der Waals surface area contributed by atoms with Crippen LogP contribution in [0, 0.1) is 0 Å². The van der Waals surface area contributed by atoms with Crippen LogP contribution in [-0.2, 0) is 0 Å². The maximum Gasteiger partial charge on any atom is 0.364 e. The van der Waals surface area contributed by atoms with Gasteiger partial charge in [0.25, 0.3) is 0 Å². The molecule has 76 valence electrons. The van der Waals surface area contributed by atoms with Crippen molar-refractivity contribution in [2.75, 3.05) is 0 Å². The fraction of sp³-hybridized carbons (Fsp3) is 1.00. The minimum Gasteiger partial charge on any atom is -0.146 e. The van der Waals surface area contributed by atoms with Crippen molar-refractivity contribution >= 4 is 20.4 Å². The summed E-state index contributed by atoms with van der Waals surface area (Å²) in [5.41, 5.74) is 0. The summed E-state index contributed by atoms with van der Waals surface area (Å²) in [5.74, 6) is 0. The molecule has 0 spiro atoms. The Kier molecular flexibility index (Phi) is 13.5. The van der Waals surface area contributed by atoms with Crippen molar-refractivity contribution in [1.82, 2.24) is 0 Å². The van der Waals surface area contributed by atoms with Gasteiger partial charge in [0.1, 0.15) is 0 Å². The first kappa shape index (κ1) is 13.8. The quantitative estimate of drug-likeness (QED) is 0.350. The molecule has 0 aromatic heterocycles. The van der Waals surface area contributed by atoms with E-state index >= 15 is 0 Å². The topological polar surface area (TPSA) is 0 Å². The van der Waals surface area contributed by atoms with Gasteiger partial charge in [0.15, 0.2) is 0 Å². The van der Waals surface area contributed by atoms with E-state index in [1.54, 1.807) is 9.10 Å². The van der Waals surface area contributed by atoms with Gasteiger partial charge in [-0.3, -0.25) is 0 Å². The van der Waals surface area contributed by atoms with Crippen LogP contribution in [0.1, 0.15) is 65.2 Å². The number of hydrogen-bond donors (Lipinski definition) is 0. The molecule has 0 rings (SSSR count). The maximum atomic E-state index is 2.29. The van der Waals surface area contributed by atoms with E-state index in [0.29, 0.717) is 20.4 Å². The molecule has 1 heteroatoms. The van der Waals surface area contributed by atoms with Gasteiger partial charge in [-0.25, -0.2) is 0 Å². The molecule has 0 aliphatic heterocycles. The Morgan fingerprint density at radius 1 is 0.615 bits per heavy atom. The molecule has 0 aromatic rings. The van der Waals surface area contributed by atoms with E-state index in [1.807, 2.05) is 0 Å². The molecule has 0 atom stereocenters. The zero-order chi connectivity index (χ0) is 9.78. The van der Waals surface area contributed by atoms with E-state index in [2.05, 4.69) is 13.8 Å². The second kappa shape index (κ2) is 12.8. The van der Waals surface area contributed by atoms with Gasteiger partial charge in [-0.1, -0.05) is 65.2 Å². The van der Waals surface area contributed by atoms with Gasteiger partial charge in [-0.2, -0.15) is 0 Å². The van der Waals surface area contributed by atoms with Crippen LogP contribution >= 0.6 is 0 Å². The van der Waals surface area contributed by atoms with Crippen molar-refractivity contribution in [3.8, 4) is 0 Å². The first-order chi connectivity index (χ1) is 6.41. The van der Waals surface area contributed by atoms with Crippen molar-refractivity contribution in [1.29, 1.82) is 0 Å². The molecule has 0 fully saturated rings. The van der Waals surface area contributed by atoms with Gasteiger partial charge in [0.2, 0.25) is 0 Å². The second-order valence-corrected chi connectivity index (χ2v) is 6.30. The lowest BCUT2D eigenvalue weighted by Gasteiger charge is -1.99. The second-order valence-electron chi connectivity index (χ2n) is 4.18. The van der Waals surface area contributed by atoms with Gasteiger partial charge in [0.05, 0.1) is 0 Å². The summed E-state index contributed by atoms with van der Waals surface area (Å²) in [5, 5.41) is 0. The van der Waals surface area contributed by atoms with Crippen LogP contribution in [0.15, 0.2) is 0 Å². The Bertz CT molecular complexity index is 71.2. The summed E-state index contributed by atoms with van der Waals surface area (Å²) in [6.45, 7) is 4.59. The van der Waals surface area contributed by atoms with E-state index in [-0.39, 0.29) is 0 Å². The average molecular weight is 195 g/mol. The molecule has 0 saturated heterocycles. The number of unbranched alkanes of at least 4 members (excludes halogenated alkanes) is 6. The Morgan fingerprint density at radius 3 is 1.46 bits per heavy atom. The van der Waals surface area contributed by atoms with Crippen molar-refractivity contribution in [3.63, 3.8) is 0 Å². The molecule has 0 saturated carbocycles. The summed E-state index contributed by atoms with van der Waals surface area (Å²) in [6, 6.07) is 0. The minimum atomic E-state index is 0.355. The van der Waals surface area contributed by atoms with Gasteiger partial charge < -0.3 is 0 Å². The number of rotatable bonds is 10. The molecule has 0 nitrogen and oxygen atoms in total. The highest BCUT2D eigenvalue weighted by atomic mass is 24.5. The van der Waals surface area contributed by atoms with Crippen molar-refractivity contribution in [3.05, 3.63) is 0 Å². The Hall–Kier alpha value is 0.766. The lowest BCUT2D eigenvalue weighted by molar-refractivity contribution is 0.689. The predicted molar refractivity (Wildman–Crippen MR) is 63.7 cm³/mol. The monoisotopic (exact) mass is 194 g/mol. The zero-order valence-corrected chi connectivity index (χ0v) is 11.2. The molecule has 0 amide bonds. The predicted octanol–water partition coefficient (Wildman–Crippen LogP) is 4.69. The van der Waals surface area contributed by atoms with Gasteiger partial charge in [0, 0.05) is 0 Å². The van der Waals surface area contributed by atoms with Crippen LogP contribution in [-0.4, -0.2) is 20.4 Å². The first-order valence-corrected chi connectivity index (χ1v) is 8.41.